The lowest BCUT2D eigenvalue weighted by molar-refractivity contribution is 0.242. The molecule has 102 valence electrons. The molecule has 1 aromatic rings. The largest absolute Gasteiger partial charge is 0.491 e. The van der Waals surface area contributed by atoms with Crippen molar-refractivity contribution in [2.45, 2.75) is 45.4 Å². The van der Waals surface area contributed by atoms with E-state index >= 15 is 0 Å². The molecular formula is C15H26N2O. The van der Waals surface area contributed by atoms with Gasteiger partial charge in [-0.1, -0.05) is 12.1 Å². The zero-order valence-corrected chi connectivity index (χ0v) is 12.4. The van der Waals surface area contributed by atoms with Crippen LogP contribution in [0.4, 0.5) is 0 Å². The molecule has 0 fully saturated rings. The third kappa shape index (κ3) is 3.72. The molecule has 0 saturated heterocycles. The minimum absolute atomic E-state index is 0.00479. The van der Waals surface area contributed by atoms with Crippen molar-refractivity contribution in [3.63, 3.8) is 0 Å². The Kier molecular flexibility index (Phi) is 5.17. The van der Waals surface area contributed by atoms with Crippen molar-refractivity contribution in [1.29, 1.82) is 0 Å². The van der Waals surface area contributed by atoms with Gasteiger partial charge in [0.2, 0.25) is 0 Å². The fourth-order valence-electron chi connectivity index (χ4n) is 2.10. The summed E-state index contributed by atoms with van der Waals surface area (Å²) in [7, 11) is 3.98. The summed E-state index contributed by atoms with van der Waals surface area (Å²) in [5.41, 5.74) is 1.25. The molecule has 0 aliphatic rings. The average Bonchev–Trinajstić information content (AvgIpc) is 2.31. The predicted molar refractivity (Wildman–Crippen MR) is 77.1 cm³/mol. The van der Waals surface area contributed by atoms with Crippen molar-refractivity contribution in [2.24, 2.45) is 0 Å². The maximum Gasteiger partial charge on any atom is 0.119 e. The molecule has 0 radical (unpaired) electrons. The highest BCUT2D eigenvalue weighted by Crippen LogP contribution is 2.26. The van der Waals surface area contributed by atoms with Gasteiger partial charge in [0.05, 0.1) is 6.10 Å². The van der Waals surface area contributed by atoms with Crippen LogP contribution < -0.4 is 15.4 Å². The van der Waals surface area contributed by atoms with Crippen molar-refractivity contribution in [3.8, 4) is 5.75 Å². The second-order valence-electron chi connectivity index (χ2n) is 5.43. The first kappa shape index (κ1) is 15.0. The third-order valence-electron chi connectivity index (χ3n) is 3.24. The number of ether oxygens (including phenoxy) is 1. The summed E-state index contributed by atoms with van der Waals surface area (Å²) in [6, 6.07) is 8.57. The van der Waals surface area contributed by atoms with Gasteiger partial charge in [0, 0.05) is 11.6 Å². The van der Waals surface area contributed by atoms with Gasteiger partial charge < -0.3 is 15.4 Å². The van der Waals surface area contributed by atoms with E-state index in [-0.39, 0.29) is 17.7 Å². The molecule has 1 unspecified atom stereocenters. The fraction of sp³-hybridized carbons (Fsp3) is 0.600. The van der Waals surface area contributed by atoms with Gasteiger partial charge in [0.25, 0.3) is 0 Å². The number of likely N-dealkylation sites (N-methyl/N-ethyl adjacent to an activating group) is 2. The highest BCUT2D eigenvalue weighted by Gasteiger charge is 2.27. The van der Waals surface area contributed by atoms with E-state index < -0.39 is 0 Å². The Labute approximate surface area is 111 Å². The summed E-state index contributed by atoms with van der Waals surface area (Å²) in [5, 5.41) is 6.71. The molecule has 0 amide bonds. The van der Waals surface area contributed by atoms with Gasteiger partial charge in [-0.15, -0.1) is 0 Å². The van der Waals surface area contributed by atoms with Crippen LogP contribution in [0.15, 0.2) is 24.3 Å². The molecule has 0 heterocycles. The summed E-state index contributed by atoms with van der Waals surface area (Å²) in [6.07, 6.45) is 0.213. The molecule has 2 N–H and O–H groups in total. The first-order valence-electron chi connectivity index (χ1n) is 6.53. The van der Waals surface area contributed by atoms with Crippen LogP contribution in [0.1, 0.15) is 39.3 Å². The Morgan fingerprint density at radius 1 is 1.06 bits per heavy atom. The van der Waals surface area contributed by atoms with Crippen LogP contribution in [0.3, 0.4) is 0 Å². The summed E-state index contributed by atoms with van der Waals surface area (Å²) < 4.78 is 5.66. The fourth-order valence-corrected chi connectivity index (χ4v) is 2.10. The molecule has 0 aliphatic heterocycles. The first-order valence-corrected chi connectivity index (χ1v) is 6.53. The topological polar surface area (TPSA) is 33.3 Å². The molecular weight excluding hydrogens is 224 g/mol. The van der Waals surface area contributed by atoms with Crippen LogP contribution in [0.25, 0.3) is 0 Å². The van der Waals surface area contributed by atoms with Gasteiger partial charge in [-0.3, -0.25) is 0 Å². The Morgan fingerprint density at radius 2 is 1.61 bits per heavy atom. The van der Waals surface area contributed by atoms with Crippen LogP contribution in [0.5, 0.6) is 5.75 Å². The van der Waals surface area contributed by atoms with Gasteiger partial charge >= 0.3 is 0 Å². The van der Waals surface area contributed by atoms with Crippen molar-refractivity contribution in [2.75, 3.05) is 14.1 Å². The minimum atomic E-state index is -0.00479. The molecule has 0 bridgehead atoms. The van der Waals surface area contributed by atoms with E-state index in [1.807, 2.05) is 40.1 Å². The summed E-state index contributed by atoms with van der Waals surface area (Å²) in [5.74, 6) is 0.922. The monoisotopic (exact) mass is 250 g/mol. The lowest BCUT2D eigenvalue weighted by Crippen LogP contribution is -2.47. The predicted octanol–water partition coefficient (Wildman–Crippen LogP) is 2.73. The van der Waals surface area contributed by atoms with Crippen molar-refractivity contribution in [3.05, 3.63) is 29.8 Å². The molecule has 0 aliphatic carbocycles. The number of nitrogens with one attached hydrogen (secondary N) is 2. The highest BCUT2D eigenvalue weighted by atomic mass is 16.5. The van der Waals surface area contributed by atoms with Crippen LogP contribution in [-0.2, 0) is 0 Å². The second kappa shape index (κ2) is 6.21. The zero-order valence-electron chi connectivity index (χ0n) is 12.4. The summed E-state index contributed by atoms with van der Waals surface area (Å²) in [4.78, 5) is 0. The molecule has 1 atom stereocenters. The van der Waals surface area contributed by atoms with Gasteiger partial charge in [-0.25, -0.2) is 0 Å². The lowest BCUT2D eigenvalue weighted by atomic mass is 9.89. The number of hydrogen-bond acceptors (Lipinski definition) is 3. The third-order valence-corrected chi connectivity index (χ3v) is 3.24. The van der Waals surface area contributed by atoms with Crippen LogP contribution in [0.2, 0.25) is 0 Å². The summed E-state index contributed by atoms with van der Waals surface area (Å²) in [6.45, 7) is 8.45. The van der Waals surface area contributed by atoms with Crippen LogP contribution >= 0.6 is 0 Å². The molecule has 0 saturated carbocycles. The maximum atomic E-state index is 5.66. The molecule has 3 nitrogen and oxygen atoms in total. The van der Waals surface area contributed by atoms with E-state index in [1.165, 1.54) is 5.56 Å². The SMILES string of the molecule is CNC(c1ccc(OC(C)C)cc1)C(C)(C)NC. The molecule has 3 heteroatoms. The number of rotatable bonds is 6. The first-order chi connectivity index (χ1) is 8.40. The van der Waals surface area contributed by atoms with Gasteiger partial charge in [-0.05, 0) is 59.5 Å². The molecule has 0 aromatic heterocycles. The van der Waals surface area contributed by atoms with E-state index in [9.17, 15) is 0 Å². The molecule has 1 aromatic carbocycles. The van der Waals surface area contributed by atoms with Crippen molar-refractivity contribution in [1.82, 2.24) is 10.6 Å². The minimum Gasteiger partial charge on any atom is -0.491 e. The number of hydrogen-bond donors (Lipinski definition) is 2. The Hall–Kier alpha value is -1.06. The molecule has 18 heavy (non-hydrogen) atoms. The quantitative estimate of drug-likeness (QED) is 0.814. The summed E-state index contributed by atoms with van der Waals surface area (Å²) >= 11 is 0. The van der Waals surface area contributed by atoms with Gasteiger partial charge in [0.1, 0.15) is 5.75 Å². The van der Waals surface area contributed by atoms with E-state index in [4.69, 9.17) is 4.74 Å². The Balaban J connectivity index is 2.89. The molecule has 0 spiro atoms. The van der Waals surface area contributed by atoms with Gasteiger partial charge in [-0.2, -0.15) is 0 Å². The van der Waals surface area contributed by atoms with Gasteiger partial charge in [0.15, 0.2) is 0 Å². The smallest absolute Gasteiger partial charge is 0.119 e. The zero-order chi connectivity index (χ0) is 13.8. The highest BCUT2D eigenvalue weighted by molar-refractivity contribution is 5.31. The Morgan fingerprint density at radius 3 is 2.00 bits per heavy atom. The number of benzene rings is 1. The van der Waals surface area contributed by atoms with E-state index in [0.29, 0.717) is 0 Å². The van der Waals surface area contributed by atoms with E-state index in [1.54, 1.807) is 0 Å². The van der Waals surface area contributed by atoms with Crippen LogP contribution in [-0.4, -0.2) is 25.7 Å². The Bertz CT molecular complexity index is 357. The van der Waals surface area contributed by atoms with Crippen molar-refractivity contribution < 1.29 is 4.74 Å². The van der Waals surface area contributed by atoms with Crippen LogP contribution in [0, 0.1) is 0 Å². The average molecular weight is 250 g/mol. The van der Waals surface area contributed by atoms with E-state index in [2.05, 4.69) is 36.6 Å². The molecule has 1 rings (SSSR count). The van der Waals surface area contributed by atoms with Crippen molar-refractivity contribution >= 4 is 0 Å². The lowest BCUT2D eigenvalue weighted by Gasteiger charge is -2.34. The second-order valence-corrected chi connectivity index (χ2v) is 5.43. The maximum absolute atomic E-state index is 5.66. The van der Waals surface area contributed by atoms with E-state index in [0.717, 1.165) is 5.75 Å². The standard InChI is InChI=1S/C15H26N2O/c1-11(2)18-13-9-7-12(8-10-13)14(16-5)15(3,4)17-6/h7-11,14,16-17H,1-6H3. The normalized spacial score (nSPS) is 13.7.